The third-order valence-corrected chi connectivity index (χ3v) is 7.56. The minimum absolute atomic E-state index is 0.493. The Hall–Kier alpha value is -4.36. The quantitative estimate of drug-likeness (QED) is 0.167. The Balaban J connectivity index is 0. The lowest BCUT2D eigenvalue weighted by molar-refractivity contribution is 0.633. The third-order valence-electron chi connectivity index (χ3n) is 7.56. The summed E-state index contributed by atoms with van der Waals surface area (Å²) in [5.74, 6) is 1.08. The highest BCUT2D eigenvalue weighted by Gasteiger charge is 2.05. The molecule has 0 fully saturated rings. The Morgan fingerprint density at radius 1 is 0.510 bits per heavy atom. The van der Waals surface area contributed by atoms with Crippen molar-refractivity contribution >= 4 is 11.1 Å². The highest BCUT2D eigenvalue weighted by atomic mass is 14.8. The van der Waals surface area contributed by atoms with Crippen LogP contribution in [0.15, 0.2) is 159 Å². The number of rotatable bonds is 10. The number of hydrogen-bond acceptors (Lipinski definition) is 1. The van der Waals surface area contributed by atoms with E-state index in [9.17, 15) is 0 Å². The van der Waals surface area contributed by atoms with Crippen molar-refractivity contribution in [1.82, 2.24) is 5.32 Å². The topological polar surface area (TPSA) is 12.0 Å². The molecule has 0 aromatic heterocycles. The van der Waals surface area contributed by atoms with Crippen LogP contribution in [-0.2, 0) is 12.8 Å². The Kier molecular flexibility index (Phi) is 29.5. The van der Waals surface area contributed by atoms with Crippen LogP contribution in [0.1, 0.15) is 97.4 Å². The van der Waals surface area contributed by atoms with Gasteiger partial charge in [-0.05, 0) is 67.7 Å². The van der Waals surface area contributed by atoms with Gasteiger partial charge in [0.15, 0.2) is 0 Å². The average Bonchev–Trinajstić information content (AvgIpc) is 3.14. The van der Waals surface area contributed by atoms with E-state index in [4.69, 9.17) is 0 Å². The molecule has 266 valence electrons. The molecular weight excluding hydrogens is 591 g/mol. The smallest absolute Gasteiger partial charge is 0.00631 e. The fourth-order valence-electron chi connectivity index (χ4n) is 3.92. The maximum Gasteiger partial charge on any atom is 0.00631 e. The van der Waals surface area contributed by atoms with Gasteiger partial charge in [0.1, 0.15) is 0 Å². The molecule has 1 unspecified atom stereocenters. The Morgan fingerprint density at radius 2 is 0.796 bits per heavy atom. The van der Waals surface area contributed by atoms with Crippen molar-refractivity contribution in [2.24, 2.45) is 11.8 Å². The minimum Gasteiger partial charge on any atom is -0.392 e. The summed E-state index contributed by atoms with van der Waals surface area (Å²) in [7, 11) is 1.92. The van der Waals surface area contributed by atoms with E-state index < -0.39 is 0 Å². The SMILES string of the molecule is C=C(C)[C@@H](C)Cc1ccccc1.C=C(C)c1ccccc1.C=C(C)c1ccccc1.C=C(NC)C(C)Cc1ccccc1.CC.CCCC. The highest BCUT2D eigenvalue weighted by Crippen LogP contribution is 2.14. The van der Waals surface area contributed by atoms with E-state index in [-0.39, 0.29) is 0 Å². The lowest BCUT2D eigenvalue weighted by Crippen LogP contribution is -2.14. The second kappa shape index (κ2) is 30.9. The second-order valence-corrected chi connectivity index (χ2v) is 12.1. The number of unbranched alkanes of at least 4 members (excludes halogenated alkanes) is 1. The predicted molar refractivity (Wildman–Crippen MR) is 226 cm³/mol. The first-order valence-corrected chi connectivity index (χ1v) is 18.0. The number of benzene rings is 4. The molecule has 4 rings (SSSR count). The summed E-state index contributed by atoms with van der Waals surface area (Å²) in [5.41, 5.74) is 9.81. The molecule has 1 heteroatoms. The number of allylic oxidation sites excluding steroid dienone is 4. The van der Waals surface area contributed by atoms with E-state index in [1.54, 1.807) is 0 Å². The van der Waals surface area contributed by atoms with Crippen molar-refractivity contribution in [3.05, 3.63) is 181 Å². The summed E-state index contributed by atoms with van der Waals surface area (Å²) in [4.78, 5) is 0. The highest BCUT2D eigenvalue weighted by molar-refractivity contribution is 5.61. The van der Waals surface area contributed by atoms with Crippen LogP contribution in [0, 0.1) is 11.8 Å². The molecule has 0 amide bonds. The van der Waals surface area contributed by atoms with Crippen LogP contribution >= 0.6 is 0 Å². The summed E-state index contributed by atoms with van der Waals surface area (Å²) in [6.45, 7) is 34.4. The Morgan fingerprint density at radius 3 is 1.02 bits per heavy atom. The first kappa shape index (κ1) is 46.8. The van der Waals surface area contributed by atoms with E-state index in [1.807, 2.05) is 77.2 Å². The van der Waals surface area contributed by atoms with Gasteiger partial charge < -0.3 is 5.32 Å². The molecule has 0 radical (unpaired) electrons. The molecule has 0 aliphatic carbocycles. The van der Waals surface area contributed by atoms with Crippen molar-refractivity contribution in [1.29, 1.82) is 0 Å². The van der Waals surface area contributed by atoms with Crippen molar-refractivity contribution in [3.63, 3.8) is 0 Å². The minimum atomic E-state index is 0.493. The molecule has 0 heterocycles. The zero-order valence-corrected chi connectivity index (χ0v) is 32.9. The molecule has 1 nitrogen and oxygen atoms in total. The number of nitrogens with one attached hydrogen (secondary N) is 1. The molecule has 0 aliphatic rings. The molecule has 0 saturated carbocycles. The van der Waals surface area contributed by atoms with Gasteiger partial charge in [-0.25, -0.2) is 0 Å². The first-order chi connectivity index (χ1) is 23.5. The van der Waals surface area contributed by atoms with Crippen LogP contribution in [0.4, 0.5) is 0 Å². The normalized spacial score (nSPS) is 10.3. The first-order valence-electron chi connectivity index (χ1n) is 18.0. The van der Waals surface area contributed by atoms with Crippen LogP contribution in [0.25, 0.3) is 11.1 Å². The zero-order chi connectivity index (χ0) is 37.5. The van der Waals surface area contributed by atoms with Gasteiger partial charge in [0, 0.05) is 12.7 Å². The lowest BCUT2D eigenvalue weighted by atomic mass is 9.96. The predicted octanol–water partition coefficient (Wildman–Crippen LogP) is 14.3. The maximum atomic E-state index is 3.96. The fraction of sp³-hybridized carbons (Fsp3) is 0.333. The molecule has 0 spiro atoms. The fourth-order valence-corrected chi connectivity index (χ4v) is 3.92. The van der Waals surface area contributed by atoms with Crippen LogP contribution in [0.5, 0.6) is 0 Å². The van der Waals surface area contributed by atoms with Gasteiger partial charge >= 0.3 is 0 Å². The van der Waals surface area contributed by atoms with Gasteiger partial charge in [-0.15, -0.1) is 0 Å². The summed E-state index contributed by atoms with van der Waals surface area (Å²) < 4.78 is 0. The van der Waals surface area contributed by atoms with Crippen LogP contribution in [0.3, 0.4) is 0 Å². The van der Waals surface area contributed by atoms with Gasteiger partial charge in [-0.3, -0.25) is 0 Å². The summed E-state index contributed by atoms with van der Waals surface area (Å²) in [6.07, 6.45) is 4.80. The molecule has 4 aromatic rings. The van der Waals surface area contributed by atoms with E-state index in [2.05, 4.69) is 145 Å². The van der Waals surface area contributed by atoms with E-state index >= 15 is 0 Å². The molecule has 2 atom stereocenters. The van der Waals surface area contributed by atoms with Crippen LogP contribution < -0.4 is 5.32 Å². The van der Waals surface area contributed by atoms with Crippen molar-refractivity contribution in [2.45, 2.75) is 88.0 Å². The molecular formula is C48H69N. The van der Waals surface area contributed by atoms with E-state index in [1.165, 1.54) is 40.7 Å². The van der Waals surface area contributed by atoms with Gasteiger partial charge in [-0.1, -0.05) is 219 Å². The zero-order valence-electron chi connectivity index (χ0n) is 32.9. The molecule has 0 saturated heterocycles. The van der Waals surface area contributed by atoms with Crippen LogP contribution in [-0.4, -0.2) is 7.05 Å². The van der Waals surface area contributed by atoms with E-state index in [0.29, 0.717) is 11.8 Å². The molecule has 0 aliphatic heterocycles. The summed E-state index contributed by atoms with van der Waals surface area (Å²) in [6, 6.07) is 41.4. The lowest BCUT2D eigenvalue weighted by Gasteiger charge is -2.13. The molecule has 0 bridgehead atoms. The van der Waals surface area contributed by atoms with E-state index in [0.717, 1.165) is 29.7 Å². The van der Waals surface area contributed by atoms with Crippen LogP contribution in [0.2, 0.25) is 0 Å². The molecule has 1 N–H and O–H groups in total. The Labute approximate surface area is 303 Å². The van der Waals surface area contributed by atoms with Gasteiger partial charge in [-0.2, -0.15) is 0 Å². The summed E-state index contributed by atoms with van der Waals surface area (Å²) >= 11 is 0. The standard InChI is InChI=1S/C12H17N.C12H16.2C9H10.C4H10.C2H6/c1-10(11(2)13-3)9-12-7-5-4-6-8-12;1-10(2)11(3)9-12-7-5-4-6-8-12;2*1-8(2)9-6-4-3-5-7-9;1-3-4-2;1-2/h4-8,10,13H,2,9H2,1,3H3;4-8,11H,1,9H2,2-3H3;2*3-7H,1H2,2H3;3-4H2,1-2H3;1-2H3/t;11-;;;;/m.0..../s1. The third kappa shape index (κ3) is 25.3. The number of hydrogen-bond donors (Lipinski definition) is 1. The largest absolute Gasteiger partial charge is 0.392 e. The van der Waals surface area contributed by atoms with Gasteiger partial charge in [0.2, 0.25) is 0 Å². The van der Waals surface area contributed by atoms with Crippen molar-refractivity contribution < 1.29 is 0 Å². The molecule has 4 aromatic carbocycles. The van der Waals surface area contributed by atoms with Crippen molar-refractivity contribution in [3.8, 4) is 0 Å². The second-order valence-electron chi connectivity index (χ2n) is 12.1. The summed E-state index contributed by atoms with van der Waals surface area (Å²) in [5, 5.41) is 3.09. The van der Waals surface area contributed by atoms with Crippen molar-refractivity contribution in [2.75, 3.05) is 7.05 Å². The van der Waals surface area contributed by atoms with Gasteiger partial charge in [0.25, 0.3) is 0 Å². The molecule has 49 heavy (non-hydrogen) atoms. The van der Waals surface area contributed by atoms with Gasteiger partial charge in [0.05, 0.1) is 0 Å². The average molecular weight is 660 g/mol. The Bertz CT molecular complexity index is 1320. The monoisotopic (exact) mass is 660 g/mol. The maximum absolute atomic E-state index is 3.96.